The lowest BCUT2D eigenvalue weighted by Gasteiger charge is -1.99. The molecule has 2 rings (SSSR count). The molecule has 1 aliphatic carbocycles. The molecule has 3 heteroatoms. The number of amides is 1. The maximum Gasteiger partial charge on any atom is 0.261 e. The highest BCUT2D eigenvalue weighted by Crippen LogP contribution is 2.30. The Morgan fingerprint density at radius 2 is 2.47 bits per heavy atom. The molecular weight excluding hydrogens is 206 g/mol. The van der Waals surface area contributed by atoms with Crippen molar-refractivity contribution in [1.82, 2.24) is 5.32 Å². The Kier molecular flexibility index (Phi) is 3.08. The second kappa shape index (κ2) is 4.50. The molecule has 0 radical (unpaired) electrons. The Labute approximate surface area is 93.7 Å². The lowest BCUT2D eigenvalue weighted by atomic mass is 10.2. The van der Waals surface area contributed by atoms with E-state index in [-0.39, 0.29) is 5.91 Å². The Balaban J connectivity index is 1.98. The number of hydrogen-bond donors (Lipinski definition) is 1. The largest absolute Gasteiger partial charge is 0.350 e. The number of carbonyl (C=O) groups is 1. The van der Waals surface area contributed by atoms with E-state index in [0.717, 1.165) is 17.7 Å². The van der Waals surface area contributed by atoms with E-state index in [1.807, 2.05) is 6.07 Å². The van der Waals surface area contributed by atoms with E-state index in [9.17, 15) is 4.79 Å². The van der Waals surface area contributed by atoms with Gasteiger partial charge in [-0.15, -0.1) is 23.7 Å². The molecule has 15 heavy (non-hydrogen) atoms. The molecule has 0 atom stereocenters. The third-order valence-corrected chi connectivity index (χ3v) is 3.76. The normalized spacial score (nSPS) is 13.3. The summed E-state index contributed by atoms with van der Waals surface area (Å²) < 4.78 is 0. The van der Waals surface area contributed by atoms with Gasteiger partial charge in [0.25, 0.3) is 5.91 Å². The first-order valence-electron chi connectivity index (χ1n) is 5.14. The first kappa shape index (κ1) is 10.3. The van der Waals surface area contributed by atoms with Gasteiger partial charge in [0.05, 0.1) is 4.88 Å². The summed E-state index contributed by atoms with van der Waals surface area (Å²) >= 11 is 1.62. The van der Waals surface area contributed by atoms with Crippen molar-refractivity contribution in [3.63, 3.8) is 0 Å². The van der Waals surface area contributed by atoms with Crippen LogP contribution in [0.15, 0.2) is 6.07 Å². The summed E-state index contributed by atoms with van der Waals surface area (Å²) in [5.74, 6) is 2.52. The quantitative estimate of drug-likeness (QED) is 0.611. The molecule has 0 bridgehead atoms. The summed E-state index contributed by atoms with van der Waals surface area (Å²) in [5.41, 5.74) is 1.36. The topological polar surface area (TPSA) is 29.1 Å². The molecule has 78 valence electrons. The van der Waals surface area contributed by atoms with Crippen molar-refractivity contribution in [3.05, 3.63) is 21.4 Å². The van der Waals surface area contributed by atoms with Crippen molar-refractivity contribution < 1.29 is 4.79 Å². The molecule has 1 N–H and O–H groups in total. The second-order valence-electron chi connectivity index (χ2n) is 3.62. The average Bonchev–Trinajstić information content (AvgIpc) is 2.76. The van der Waals surface area contributed by atoms with Gasteiger partial charge in [0.2, 0.25) is 0 Å². The van der Waals surface area contributed by atoms with Gasteiger partial charge >= 0.3 is 0 Å². The van der Waals surface area contributed by atoms with E-state index in [1.165, 1.54) is 16.9 Å². The molecule has 2 nitrogen and oxygen atoms in total. The first-order chi connectivity index (χ1) is 7.31. The van der Waals surface area contributed by atoms with E-state index in [4.69, 9.17) is 6.42 Å². The summed E-state index contributed by atoms with van der Waals surface area (Å²) in [6.07, 6.45) is 9.21. The smallest absolute Gasteiger partial charge is 0.261 e. The van der Waals surface area contributed by atoms with Gasteiger partial charge in [-0.1, -0.05) is 0 Å². The zero-order valence-corrected chi connectivity index (χ0v) is 9.32. The summed E-state index contributed by atoms with van der Waals surface area (Å²) in [6, 6.07) is 2.03. The van der Waals surface area contributed by atoms with E-state index >= 15 is 0 Å². The fourth-order valence-corrected chi connectivity index (χ4v) is 2.95. The summed E-state index contributed by atoms with van der Waals surface area (Å²) in [4.78, 5) is 13.9. The monoisotopic (exact) mass is 219 g/mol. The first-order valence-corrected chi connectivity index (χ1v) is 5.96. The molecule has 1 amide bonds. The van der Waals surface area contributed by atoms with Crippen LogP contribution in [-0.4, -0.2) is 12.5 Å². The average molecular weight is 219 g/mol. The van der Waals surface area contributed by atoms with Crippen LogP contribution in [0.4, 0.5) is 0 Å². The third kappa shape index (κ3) is 2.21. The van der Waals surface area contributed by atoms with Crippen molar-refractivity contribution in [3.8, 4) is 12.3 Å². The minimum Gasteiger partial charge on any atom is -0.350 e. The van der Waals surface area contributed by atoms with Crippen LogP contribution in [-0.2, 0) is 12.8 Å². The number of carbonyl (C=O) groups excluding carboxylic acids is 1. The van der Waals surface area contributed by atoms with Gasteiger partial charge in [0.1, 0.15) is 0 Å². The third-order valence-electron chi connectivity index (χ3n) is 2.53. The van der Waals surface area contributed by atoms with Crippen molar-refractivity contribution in [2.75, 3.05) is 6.54 Å². The van der Waals surface area contributed by atoms with Crippen molar-refractivity contribution in [2.45, 2.75) is 25.7 Å². The number of aryl methyl sites for hydroxylation is 2. The van der Waals surface area contributed by atoms with Crippen LogP contribution in [0.25, 0.3) is 0 Å². The molecule has 1 aromatic heterocycles. The van der Waals surface area contributed by atoms with Gasteiger partial charge < -0.3 is 5.32 Å². The molecule has 0 aromatic carbocycles. The van der Waals surface area contributed by atoms with Gasteiger partial charge in [0.15, 0.2) is 0 Å². The maximum absolute atomic E-state index is 11.7. The van der Waals surface area contributed by atoms with E-state index in [2.05, 4.69) is 11.2 Å². The van der Waals surface area contributed by atoms with Gasteiger partial charge in [-0.25, -0.2) is 0 Å². The highest BCUT2D eigenvalue weighted by atomic mass is 32.1. The maximum atomic E-state index is 11.7. The van der Waals surface area contributed by atoms with Crippen molar-refractivity contribution >= 4 is 17.2 Å². The number of thiophene rings is 1. The van der Waals surface area contributed by atoms with Gasteiger partial charge in [-0.2, -0.15) is 0 Å². The fourth-order valence-electron chi connectivity index (χ4n) is 1.78. The van der Waals surface area contributed by atoms with Crippen LogP contribution in [0.3, 0.4) is 0 Å². The Morgan fingerprint density at radius 1 is 1.60 bits per heavy atom. The Morgan fingerprint density at radius 3 is 3.20 bits per heavy atom. The predicted molar refractivity (Wildman–Crippen MR) is 62.1 cm³/mol. The molecule has 0 unspecified atom stereocenters. The second-order valence-corrected chi connectivity index (χ2v) is 4.76. The van der Waals surface area contributed by atoms with Crippen LogP contribution < -0.4 is 5.32 Å². The summed E-state index contributed by atoms with van der Waals surface area (Å²) in [7, 11) is 0. The highest BCUT2D eigenvalue weighted by molar-refractivity contribution is 7.14. The number of terminal acetylenes is 1. The number of rotatable bonds is 3. The molecule has 0 fully saturated rings. The molecule has 0 saturated heterocycles. The van der Waals surface area contributed by atoms with Crippen LogP contribution in [0, 0.1) is 12.3 Å². The SMILES string of the molecule is C#CCCNC(=O)c1cc2c(s1)CCC2. The summed E-state index contributed by atoms with van der Waals surface area (Å²) in [6.45, 7) is 0.567. The van der Waals surface area contributed by atoms with E-state index in [0.29, 0.717) is 13.0 Å². The predicted octanol–water partition coefficient (Wildman–Crippen LogP) is 1.99. The summed E-state index contributed by atoms with van der Waals surface area (Å²) in [5, 5.41) is 2.82. The Bertz CT molecular complexity index is 392. The van der Waals surface area contributed by atoms with Crippen molar-refractivity contribution in [2.24, 2.45) is 0 Å². The Hall–Kier alpha value is -1.27. The van der Waals surface area contributed by atoms with Gasteiger partial charge in [-0.05, 0) is 30.9 Å². The standard InChI is InChI=1S/C12H13NOS/c1-2-3-7-13-12(14)11-8-9-5-4-6-10(9)15-11/h1,8H,3-7H2,(H,13,14). The molecule has 1 aromatic rings. The lowest BCUT2D eigenvalue weighted by molar-refractivity contribution is 0.0958. The molecule has 0 saturated carbocycles. The minimum atomic E-state index is 0.0182. The number of nitrogens with one attached hydrogen (secondary N) is 1. The van der Waals surface area contributed by atoms with Gasteiger partial charge in [0, 0.05) is 17.8 Å². The molecule has 1 aliphatic rings. The molecule has 1 heterocycles. The lowest BCUT2D eigenvalue weighted by Crippen LogP contribution is -2.23. The molecule has 0 spiro atoms. The van der Waals surface area contributed by atoms with Crippen LogP contribution in [0.1, 0.15) is 33.0 Å². The minimum absolute atomic E-state index is 0.0182. The van der Waals surface area contributed by atoms with Crippen LogP contribution >= 0.6 is 11.3 Å². The molecular formula is C12H13NOS. The number of hydrogen-bond acceptors (Lipinski definition) is 2. The van der Waals surface area contributed by atoms with Crippen LogP contribution in [0.5, 0.6) is 0 Å². The zero-order chi connectivity index (χ0) is 10.7. The van der Waals surface area contributed by atoms with E-state index in [1.54, 1.807) is 11.3 Å². The number of fused-ring (bicyclic) bond motifs is 1. The van der Waals surface area contributed by atoms with Crippen LogP contribution in [0.2, 0.25) is 0 Å². The van der Waals surface area contributed by atoms with Gasteiger partial charge in [-0.3, -0.25) is 4.79 Å². The molecule has 0 aliphatic heterocycles. The van der Waals surface area contributed by atoms with E-state index < -0.39 is 0 Å². The zero-order valence-electron chi connectivity index (χ0n) is 8.51. The highest BCUT2D eigenvalue weighted by Gasteiger charge is 2.17. The van der Waals surface area contributed by atoms with Crippen molar-refractivity contribution in [1.29, 1.82) is 0 Å². The fraction of sp³-hybridized carbons (Fsp3) is 0.417.